The van der Waals surface area contributed by atoms with E-state index < -0.39 is 6.09 Å². The number of aliphatic imine (C=N–C) groups is 1. The number of hydrogen-bond donors (Lipinski definition) is 0. The van der Waals surface area contributed by atoms with Gasteiger partial charge in [0.15, 0.2) is 0 Å². The fourth-order valence-corrected chi connectivity index (χ4v) is 1.68. The van der Waals surface area contributed by atoms with Crippen LogP contribution in [0.4, 0.5) is 4.79 Å². The Bertz CT molecular complexity index is 281. The van der Waals surface area contributed by atoms with Crippen LogP contribution in [0.3, 0.4) is 0 Å². The maximum Gasteiger partial charge on any atom is 0.435 e. The second-order valence-corrected chi connectivity index (χ2v) is 4.66. The number of nitrogens with zero attached hydrogens (tertiary/aromatic N) is 2. The van der Waals surface area contributed by atoms with E-state index in [1.165, 1.54) is 0 Å². The molecule has 1 rings (SSSR count). The smallest absolute Gasteiger partial charge is 0.435 e. The number of ether oxygens (including phenoxy) is 2. The van der Waals surface area contributed by atoms with Gasteiger partial charge in [0.25, 0.3) is 0 Å². The van der Waals surface area contributed by atoms with Crippen molar-refractivity contribution in [2.75, 3.05) is 26.3 Å². The summed E-state index contributed by atoms with van der Waals surface area (Å²) in [5, 5.41) is 0. The first kappa shape index (κ1) is 14.0. The predicted octanol–water partition coefficient (Wildman–Crippen LogP) is 1.92. The van der Waals surface area contributed by atoms with E-state index in [1.807, 2.05) is 27.7 Å². The molecule has 0 aromatic carbocycles. The zero-order chi connectivity index (χ0) is 12.8. The fraction of sp³-hybridized carbons (Fsp3) is 0.833. The third-order valence-electron chi connectivity index (χ3n) is 2.39. The Balaban J connectivity index is 2.69. The highest BCUT2D eigenvalue weighted by Gasteiger charge is 2.19. The van der Waals surface area contributed by atoms with Gasteiger partial charge in [0.05, 0.1) is 19.3 Å². The van der Waals surface area contributed by atoms with Crippen LogP contribution >= 0.6 is 0 Å². The Hall–Kier alpha value is -1.10. The number of amides is 1. The minimum atomic E-state index is -0.504. The van der Waals surface area contributed by atoms with Gasteiger partial charge in [0.1, 0.15) is 5.84 Å². The largest absolute Gasteiger partial charge is 0.445 e. The van der Waals surface area contributed by atoms with Gasteiger partial charge < -0.3 is 14.4 Å². The van der Waals surface area contributed by atoms with E-state index in [0.717, 1.165) is 18.9 Å². The van der Waals surface area contributed by atoms with Crippen molar-refractivity contribution in [2.24, 2.45) is 10.9 Å². The van der Waals surface area contributed by atoms with Gasteiger partial charge in [-0.2, -0.15) is 4.99 Å². The van der Waals surface area contributed by atoms with Crippen LogP contribution in [0, 0.1) is 5.92 Å². The van der Waals surface area contributed by atoms with Crippen LogP contribution in [0.25, 0.3) is 0 Å². The molecule has 0 N–H and O–H groups in total. The maximum absolute atomic E-state index is 11.5. The van der Waals surface area contributed by atoms with E-state index in [4.69, 9.17) is 9.47 Å². The first-order chi connectivity index (χ1) is 8.00. The van der Waals surface area contributed by atoms with Crippen molar-refractivity contribution in [3.05, 3.63) is 0 Å². The summed E-state index contributed by atoms with van der Waals surface area (Å²) >= 11 is 0. The monoisotopic (exact) mass is 242 g/mol. The fourth-order valence-electron chi connectivity index (χ4n) is 1.68. The Morgan fingerprint density at radius 1 is 1.24 bits per heavy atom. The molecule has 98 valence electrons. The van der Waals surface area contributed by atoms with Crippen molar-refractivity contribution in [3.63, 3.8) is 0 Å². The third-order valence-corrected chi connectivity index (χ3v) is 2.39. The van der Waals surface area contributed by atoms with Gasteiger partial charge >= 0.3 is 6.09 Å². The molecule has 0 radical (unpaired) electrons. The van der Waals surface area contributed by atoms with Crippen molar-refractivity contribution >= 4 is 11.9 Å². The van der Waals surface area contributed by atoms with Gasteiger partial charge in [-0.15, -0.1) is 0 Å². The molecular weight excluding hydrogens is 220 g/mol. The Morgan fingerprint density at radius 2 is 1.82 bits per heavy atom. The Morgan fingerprint density at radius 3 is 2.29 bits per heavy atom. The summed E-state index contributed by atoms with van der Waals surface area (Å²) < 4.78 is 10.3. The van der Waals surface area contributed by atoms with Crippen molar-refractivity contribution in [3.8, 4) is 0 Å². The molecule has 0 atom stereocenters. The lowest BCUT2D eigenvalue weighted by Crippen LogP contribution is -2.43. The van der Waals surface area contributed by atoms with E-state index in [-0.39, 0.29) is 12.0 Å². The average molecular weight is 242 g/mol. The molecule has 5 heteroatoms. The molecule has 0 aliphatic carbocycles. The topological polar surface area (TPSA) is 51.1 Å². The summed E-state index contributed by atoms with van der Waals surface area (Å²) in [6, 6.07) is 0. The summed E-state index contributed by atoms with van der Waals surface area (Å²) in [6.45, 7) is 10.6. The third kappa shape index (κ3) is 4.73. The molecule has 0 aromatic rings. The number of rotatable bonds is 2. The number of amidine groups is 1. The lowest BCUT2D eigenvalue weighted by Gasteiger charge is -2.31. The SMILES string of the molecule is CC(C)OC(=O)/N=C(/C(C)C)N1CCOCC1. The molecule has 1 saturated heterocycles. The van der Waals surface area contributed by atoms with E-state index in [9.17, 15) is 4.79 Å². The normalized spacial score (nSPS) is 17.8. The lowest BCUT2D eigenvalue weighted by atomic mass is 10.1. The second-order valence-electron chi connectivity index (χ2n) is 4.66. The van der Waals surface area contributed by atoms with E-state index in [2.05, 4.69) is 9.89 Å². The zero-order valence-electron chi connectivity index (χ0n) is 11.1. The predicted molar refractivity (Wildman–Crippen MR) is 66.3 cm³/mol. The highest BCUT2D eigenvalue weighted by Crippen LogP contribution is 2.08. The van der Waals surface area contributed by atoms with Crippen LogP contribution in [-0.4, -0.2) is 49.2 Å². The minimum Gasteiger partial charge on any atom is -0.445 e. The van der Waals surface area contributed by atoms with E-state index in [1.54, 1.807) is 0 Å². The van der Waals surface area contributed by atoms with Crippen molar-refractivity contribution in [1.29, 1.82) is 0 Å². The molecule has 0 saturated carbocycles. The highest BCUT2D eigenvalue weighted by molar-refractivity contribution is 5.93. The van der Waals surface area contributed by atoms with Gasteiger partial charge in [0, 0.05) is 19.0 Å². The van der Waals surface area contributed by atoms with Crippen LogP contribution in [0.2, 0.25) is 0 Å². The van der Waals surface area contributed by atoms with Crippen LogP contribution in [0.15, 0.2) is 4.99 Å². The van der Waals surface area contributed by atoms with Gasteiger partial charge in [-0.25, -0.2) is 4.79 Å². The molecule has 0 unspecified atom stereocenters. The number of morpholine rings is 1. The molecule has 1 amide bonds. The van der Waals surface area contributed by atoms with Crippen molar-refractivity contribution < 1.29 is 14.3 Å². The van der Waals surface area contributed by atoms with Crippen LogP contribution in [0.5, 0.6) is 0 Å². The number of hydrogen-bond acceptors (Lipinski definition) is 3. The van der Waals surface area contributed by atoms with Gasteiger partial charge in [-0.05, 0) is 13.8 Å². The maximum atomic E-state index is 11.5. The first-order valence-corrected chi connectivity index (χ1v) is 6.12. The summed E-state index contributed by atoms with van der Waals surface area (Å²) in [7, 11) is 0. The molecular formula is C12H22N2O3. The number of carbonyl (C=O) groups is 1. The van der Waals surface area contributed by atoms with Gasteiger partial charge in [0.2, 0.25) is 0 Å². The van der Waals surface area contributed by atoms with Crippen molar-refractivity contribution in [2.45, 2.75) is 33.8 Å². The first-order valence-electron chi connectivity index (χ1n) is 6.12. The molecule has 17 heavy (non-hydrogen) atoms. The molecule has 1 fully saturated rings. The summed E-state index contributed by atoms with van der Waals surface area (Å²) in [5.74, 6) is 0.992. The lowest BCUT2D eigenvalue weighted by molar-refractivity contribution is 0.0657. The summed E-state index contributed by atoms with van der Waals surface area (Å²) in [4.78, 5) is 17.7. The molecule has 1 heterocycles. The standard InChI is InChI=1S/C12H22N2O3/c1-9(2)11(13-12(15)17-10(3)4)14-5-7-16-8-6-14/h9-10H,5-8H2,1-4H3/b13-11-. The van der Waals surface area contributed by atoms with E-state index >= 15 is 0 Å². The van der Waals surface area contributed by atoms with Gasteiger partial charge in [-0.3, -0.25) is 0 Å². The quantitative estimate of drug-likeness (QED) is 0.548. The number of carbonyl (C=O) groups excluding carboxylic acids is 1. The average Bonchev–Trinajstić information content (AvgIpc) is 2.25. The zero-order valence-corrected chi connectivity index (χ0v) is 11.1. The molecule has 0 spiro atoms. The minimum absolute atomic E-state index is 0.135. The van der Waals surface area contributed by atoms with Crippen LogP contribution in [0.1, 0.15) is 27.7 Å². The molecule has 0 bridgehead atoms. The Labute approximate surface area is 103 Å². The molecule has 0 aromatic heterocycles. The second kappa shape index (κ2) is 6.59. The Kier molecular flexibility index (Phi) is 5.41. The molecule has 5 nitrogen and oxygen atoms in total. The molecule has 1 aliphatic heterocycles. The van der Waals surface area contributed by atoms with E-state index in [0.29, 0.717) is 13.2 Å². The van der Waals surface area contributed by atoms with Crippen molar-refractivity contribution in [1.82, 2.24) is 4.90 Å². The molecule has 1 aliphatic rings. The summed E-state index contributed by atoms with van der Waals surface area (Å²) in [5.41, 5.74) is 0. The van der Waals surface area contributed by atoms with Crippen LogP contribution in [-0.2, 0) is 9.47 Å². The van der Waals surface area contributed by atoms with Crippen LogP contribution < -0.4 is 0 Å². The highest BCUT2D eigenvalue weighted by atomic mass is 16.6. The van der Waals surface area contributed by atoms with Gasteiger partial charge in [-0.1, -0.05) is 13.8 Å². The summed E-state index contributed by atoms with van der Waals surface area (Å²) in [6.07, 6.45) is -0.639.